The molecule has 30 heavy (non-hydrogen) atoms. The van der Waals surface area contributed by atoms with Gasteiger partial charge in [0.2, 0.25) is 5.95 Å². The molecule has 162 valence electrons. The van der Waals surface area contributed by atoms with Gasteiger partial charge < -0.3 is 20.0 Å². The molecule has 0 bridgehead atoms. The minimum Gasteiger partial charge on any atom is -0.357 e. The first kappa shape index (κ1) is 22.5. The molecule has 0 spiro atoms. The average molecular weight is 522 g/mol. The molecule has 2 aliphatic rings. The standard InChI is InChI=1S/C21H30N8.HI/c1-2-22-20(28-12-14-29(15-13-28)21-24-7-5-8-25-21)26-17-18-6-9-23-19(16-18)27-10-3-4-11-27;/h5-9,16H,2-4,10-15,17H2,1H3,(H,22,26);1H. The molecule has 8 nitrogen and oxygen atoms in total. The number of hydrogen-bond donors (Lipinski definition) is 1. The monoisotopic (exact) mass is 522 g/mol. The van der Waals surface area contributed by atoms with E-state index in [2.05, 4.69) is 54.0 Å². The molecule has 0 aromatic carbocycles. The highest BCUT2D eigenvalue weighted by Crippen LogP contribution is 2.19. The number of rotatable bonds is 5. The second-order valence-corrected chi connectivity index (χ2v) is 7.41. The average Bonchev–Trinajstić information content (AvgIpc) is 3.33. The maximum absolute atomic E-state index is 4.91. The van der Waals surface area contributed by atoms with Gasteiger partial charge in [0.15, 0.2) is 5.96 Å². The molecule has 2 aromatic heterocycles. The van der Waals surface area contributed by atoms with Gasteiger partial charge >= 0.3 is 0 Å². The SMILES string of the molecule is CCNC(=NCc1ccnc(N2CCCC2)c1)N1CCN(c2ncccn2)CC1.I. The largest absolute Gasteiger partial charge is 0.357 e. The molecular weight excluding hydrogens is 491 g/mol. The van der Waals surface area contributed by atoms with Gasteiger partial charge in [0.25, 0.3) is 0 Å². The third-order valence-electron chi connectivity index (χ3n) is 5.40. The van der Waals surface area contributed by atoms with Crippen molar-refractivity contribution in [1.82, 2.24) is 25.2 Å². The van der Waals surface area contributed by atoms with Gasteiger partial charge in [-0.15, -0.1) is 24.0 Å². The third kappa shape index (κ3) is 5.71. The molecule has 4 rings (SSSR count). The van der Waals surface area contributed by atoms with Crippen molar-refractivity contribution in [3.63, 3.8) is 0 Å². The first-order valence-corrected chi connectivity index (χ1v) is 10.6. The van der Waals surface area contributed by atoms with Crippen molar-refractivity contribution in [2.45, 2.75) is 26.3 Å². The molecule has 2 saturated heterocycles. The van der Waals surface area contributed by atoms with Crippen LogP contribution in [0, 0.1) is 0 Å². The molecule has 0 amide bonds. The fourth-order valence-corrected chi connectivity index (χ4v) is 3.84. The van der Waals surface area contributed by atoms with Crippen molar-refractivity contribution >= 4 is 41.7 Å². The second-order valence-electron chi connectivity index (χ2n) is 7.41. The van der Waals surface area contributed by atoms with Crippen LogP contribution in [0.1, 0.15) is 25.3 Å². The zero-order valence-corrected chi connectivity index (χ0v) is 19.9. The second kappa shape index (κ2) is 11.3. The van der Waals surface area contributed by atoms with E-state index in [-0.39, 0.29) is 24.0 Å². The van der Waals surface area contributed by atoms with Gasteiger partial charge in [0.1, 0.15) is 5.82 Å². The Labute approximate surface area is 195 Å². The summed E-state index contributed by atoms with van der Waals surface area (Å²) in [5.41, 5.74) is 1.20. The summed E-state index contributed by atoms with van der Waals surface area (Å²) in [6.45, 7) is 9.44. The highest BCUT2D eigenvalue weighted by Gasteiger charge is 2.21. The number of nitrogens with zero attached hydrogens (tertiary/aromatic N) is 7. The highest BCUT2D eigenvalue weighted by atomic mass is 127. The molecule has 0 aliphatic carbocycles. The number of anilines is 2. The molecule has 1 N–H and O–H groups in total. The number of aliphatic imine (C=N–C) groups is 1. The minimum atomic E-state index is 0. The van der Waals surface area contributed by atoms with Crippen molar-refractivity contribution in [3.8, 4) is 0 Å². The molecule has 0 atom stereocenters. The Morgan fingerprint density at radius 2 is 1.70 bits per heavy atom. The number of hydrogen-bond acceptors (Lipinski definition) is 6. The Morgan fingerprint density at radius 3 is 2.40 bits per heavy atom. The summed E-state index contributed by atoms with van der Waals surface area (Å²) < 4.78 is 0. The van der Waals surface area contributed by atoms with Crippen LogP contribution in [-0.4, -0.2) is 71.6 Å². The Kier molecular flexibility index (Phi) is 8.47. The quantitative estimate of drug-likeness (QED) is 0.367. The summed E-state index contributed by atoms with van der Waals surface area (Å²) in [7, 11) is 0. The predicted molar refractivity (Wildman–Crippen MR) is 132 cm³/mol. The Morgan fingerprint density at radius 1 is 0.967 bits per heavy atom. The third-order valence-corrected chi connectivity index (χ3v) is 5.40. The molecule has 0 saturated carbocycles. The molecule has 2 aliphatic heterocycles. The number of nitrogens with one attached hydrogen (secondary N) is 1. The first-order chi connectivity index (χ1) is 14.3. The van der Waals surface area contributed by atoms with E-state index in [1.54, 1.807) is 12.4 Å². The van der Waals surface area contributed by atoms with Gasteiger partial charge in [-0.3, -0.25) is 0 Å². The maximum Gasteiger partial charge on any atom is 0.225 e. The molecular formula is C21H31IN8. The lowest BCUT2D eigenvalue weighted by atomic mass is 10.2. The number of piperazine rings is 1. The summed E-state index contributed by atoms with van der Waals surface area (Å²) in [5.74, 6) is 2.86. The van der Waals surface area contributed by atoms with Crippen LogP contribution in [0.25, 0.3) is 0 Å². The fourth-order valence-electron chi connectivity index (χ4n) is 3.84. The van der Waals surface area contributed by atoms with E-state index in [4.69, 9.17) is 4.99 Å². The molecule has 9 heteroatoms. The predicted octanol–water partition coefficient (Wildman–Crippen LogP) is 2.38. The van der Waals surface area contributed by atoms with Crippen LogP contribution >= 0.6 is 24.0 Å². The zero-order valence-electron chi connectivity index (χ0n) is 17.6. The van der Waals surface area contributed by atoms with E-state index in [1.165, 1.54) is 18.4 Å². The van der Waals surface area contributed by atoms with Crippen molar-refractivity contribution in [3.05, 3.63) is 42.4 Å². The molecule has 4 heterocycles. The zero-order chi connectivity index (χ0) is 19.9. The summed E-state index contributed by atoms with van der Waals surface area (Å²) in [6, 6.07) is 6.10. The Balaban J connectivity index is 0.00000256. The van der Waals surface area contributed by atoms with E-state index < -0.39 is 0 Å². The van der Waals surface area contributed by atoms with Crippen LogP contribution in [0.15, 0.2) is 41.8 Å². The number of aromatic nitrogens is 3. The van der Waals surface area contributed by atoms with E-state index >= 15 is 0 Å². The minimum absolute atomic E-state index is 0. The fraction of sp³-hybridized carbons (Fsp3) is 0.524. The van der Waals surface area contributed by atoms with Crippen LogP contribution in [0.3, 0.4) is 0 Å². The lowest BCUT2D eigenvalue weighted by Gasteiger charge is -2.36. The topological polar surface area (TPSA) is 72.8 Å². The van der Waals surface area contributed by atoms with E-state index in [0.29, 0.717) is 6.54 Å². The van der Waals surface area contributed by atoms with Crippen molar-refractivity contribution in [2.75, 3.05) is 55.6 Å². The summed E-state index contributed by atoms with van der Waals surface area (Å²) in [6.07, 6.45) is 8.02. The smallest absolute Gasteiger partial charge is 0.225 e. The van der Waals surface area contributed by atoms with Gasteiger partial charge in [0, 0.05) is 64.4 Å². The highest BCUT2D eigenvalue weighted by molar-refractivity contribution is 14.0. The van der Waals surface area contributed by atoms with E-state index in [0.717, 1.165) is 63.5 Å². The van der Waals surface area contributed by atoms with Crippen LogP contribution in [0.2, 0.25) is 0 Å². The first-order valence-electron chi connectivity index (χ1n) is 10.6. The lowest BCUT2D eigenvalue weighted by Crippen LogP contribution is -2.52. The van der Waals surface area contributed by atoms with Crippen molar-refractivity contribution < 1.29 is 0 Å². The van der Waals surface area contributed by atoms with Gasteiger partial charge in [0.05, 0.1) is 6.54 Å². The molecule has 0 unspecified atom stereocenters. The number of halogens is 1. The molecule has 0 radical (unpaired) electrons. The molecule has 2 fully saturated rings. The van der Waals surface area contributed by atoms with Gasteiger partial charge in [-0.25, -0.2) is 19.9 Å². The number of pyridine rings is 1. The van der Waals surface area contributed by atoms with Crippen LogP contribution in [0.5, 0.6) is 0 Å². The van der Waals surface area contributed by atoms with Crippen molar-refractivity contribution in [1.29, 1.82) is 0 Å². The lowest BCUT2D eigenvalue weighted by molar-refractivity contribution is 0.370. The van der Waals surface area contributed by atoms with Gasteiger partial charge in [-0.05, 0) is 43.5 Å². The summed E-state index contributed by atoms with van der Waals surface area (Å²) in [4.78, 5) is 25.1. The van der Waals surface area contributed by atoms with Crippen LogP contribution < -0.4 is 15.1 Å². The van der Waals surface area contributed by atoms with Crippen LogP contribution in [0.4, 0.5) is 11.8 Å². The van der Waals surface area contributed by atoms with E-state index in [9.17, 15) is 0 Å². The normalized spacial score (nSPS) is 17.1. The Hall–Kier alpha value is -2.17. The number of guanidine groups is 1. The van der Waals surface area contributed by atoms with Crippen LogP contribution in [-0.2, 0) is 6.54 Å². The van der Waals surface area contributed by atoms with Crippen molar-refractivity contribution in [2.24, 2.45) is 4.99 Å². The van der Waals surface area contributed by atoms with Gasteiger partial charge in [-0.1, -0.05) is 0 Å². The Bertz CT molecular complexity index is 802. The van der Waals surface area contributed by atoms with E-state index in [1.807, 2.05) is 12.3 Å². The maximum atomic E-state index is 4.91. The summed E-state index contributed by atoms with van der Waals surface area (Å²) in [5, 5.41) is 3.45. The molecule has 2 aromatic rings. The van der Waals surface area contributed by atoms with Gasteiger partial charge in [-0.2, -0.15) is 0 Å². The summed E-state index contributed by atoms with van der Waals surface area (Å²) >= 11 is 0.